The monoisotopic (exact) mass is 333 g/mol. The molecular weight excluding hydrogens is 306 g/mol. The second-order valence-electron chi connectivity index (χ2n) is 5.02. The highest BCUT2D eigenvalue weighted by atomic mass is 16.4. The van der Waals surface area contributed by atoms with Crippen LogP contribution in [0.5, 0.6) is 0 Å². The van der Waals surface area contributed by atoms with Crippen LogP contribution in [0.1, 0.15) is 33.6 Å². The molecule has 9 nitrogen and oxygen atoms in total. The van der Waals surface area contributed by atoms with Gasteiger partial charge in [-0.15, -0.1) is 0 Å². The Bertz CT molecular complexity index is 378. The molecular formula is C14H27N3O6. The van der Waals surface area contributed by atoms with Crippen molar-refractivity contribution in [1.82, 2.24) is 14.7 Å². The SMILES string of the molecule is CCN(CCC(CCN(CC)C(=O)O)N(CC)C(=O)O)C(=O)O. The van der Waals surface area contributed by atoms with Crippen LogP contribution in [0.3, 0.4) is 0 Å². The highest BCUT2D eigenvalue weighted by molar-refractivity contribution is 5.66. The van der Waals surface area contributed by atoms with Crippen molar-refractivity contribution in [3.63, 3.8) is 0 Å². The molecule has 0 spiro atoms. The molecule has 0 aromatic rings. The van der Waals surface area contributed by atoms with Gasteiger partial charge in [-0.25, -0.2) is 14.4 Å². The molecule has 0 aliphatic heterocycles. The summed E-state index contributed by atoms with van der Waals surface area (Å²) in [6.07, 6.45) is -2.53. The Labute approximate surface area is 136 Å². The summed E-state index contributed by atoms with van der Waals surface area (Å²) in [5, 5.41) is 27.3. The van der Waals surface area contributed by atoms with Crippen molar-refractivity contribution in [1.29, 1.82) is 0 Å². The summed E-state index contributed by atoms with van der Waals surface area (Å²) in [4.78, 5) is 37.0. The minimum atomic E-state index is -1.09. The van der Waals surface area contributed by atoms with E-state index in [0.29, 0.717) is 25.9 Å². The summed E-state index contributed by atoms with van der Waals surface area (Å²) in [6, 6.07) is -0.431. The van der Waals surface area contributed by atoms with E-state index < -0.39 is 24.3 Å². The predicted molar refractivity (Wildman–Crippen MR) is 84.0 cm³/mol. The maximum absolute atomic E-state index is 11.3. The van der Waals surface area contributed by atoms with E-state index in [0.717, 1.165) is 0 Å². The fourth-order valence-electron chi connectivity index (χ4n) is 2.39. The standard InChI is InChI=1S/C14H27N3O6/c1-4-15(12(18)19)9-7-11(17(6-3)14(22)23)8-10-16(5-2)13(20)21/h11H,4-10H2,1-3H3,(H,18,19)(H,20,21)(H,22,23). The van der Waals surface area contributed by atoms with Crippen molar-refractivity contribution in [2.45, 2.75) is 39.7 Å². The van der Waals surface area contributed by atoms with Crippen LogP contribution < -0.4 is 0 Å². The van der Waals surface area contributed by atoms with Crippen LogP contribution in [0.2, 0.25) is 0 Å². The van der Waals surface area contributed by atoms with Crippen molar-refractivity contribution in [2.75, 3.05) is 32.7 Å². The molecule has 0 atom stereocenters. The Hall–Kier alpha value is -2.19. The van der Waals surface area contributed by atoms with Crippen LogP contribution in [0, 0.1) is 0 Å². The van der Waals surface area contributed by atoms with Gasteiger partial charge in [-0.1, -0.05) is 0 Å². The smallest absolute Gasteiger partial charge is 0.407 e. The number of hydrogen-bond acceptors (Lipinski definition) is 3. The van der Waals surface area contributed by atoms with E-state index in [1.54, 1.807) is 20.8 Å². The zero-order valence-corrected chi connectivity index (χ0v) is 13.9. The van der Waals surface area contributed by atoms with Crippen molar-refractivity contribution in [2.24, 2.45) is 0 Å². The summed E-state index contributed by atoms with van der Waals surface area (Å²) >= 11 is 0. The summed E-state index contributed by atoms with van der Waals surface area (Å²) in [5.41, 5.74) is 0. The third kappa shape index (κ3) is 7.07. The van der Waals surface area contributed by atoms with E-state index in [-0.39, 0.29) is 19.6 Å². The number of carbonyl (C=O) groups is 3. The third-order valence-corrected chi connectivity index (χ3v) is 3.80. The van der Waals surface area contributed by atoms with Gasteiger partial charge in [0.05, 0.1) is 0 Å². The van der Waals surface area contributed by atoms with Crippen molar-refractivity contribution in [3.8, 4) is 0 Å². The lowest BCUT2D eigenvalue weighted by Crippen LogP contribution is -2.44. The maximum atomic E-state index is 11.3. The number of nitrogens with zero attached hydrogens (tertiary/aromatic N) is 3. The fraction of sp³-hybridized carbons (Fsp3) is 0.786. The third-order valence-electron chi connectivity index (χ3n) is 3.80. The molecule has 0 aliphatic rings. The van der Waals surface area contributed by atoms with E-state index >= 15 is 0 Å². The van der Waals surface area contributed by atoms with Crippen LogP contribution in [0.25, 0.3) is 0 Å². The molecule has 134 valence electrons. The first kappa shape index (κ1) is 20.8. The minimum absolute atomic E-state index is 0.208. The Kier molecular flexibility index (Phi) is 9.52. The minimum Gasteiger partial charge on any atom is -0.465 e. The number of amides is 3. The van der Waals surface area contributed by atoms with E-state index in [1.165, 1.54) is 14.7 Å². The molecule has 23 heavy (non-hydrogen) atoms. The van der Waals surface area contributed by atoms with Gasteiger partial charge in [0, 0.05) is 38.8 Å². The lowest BCUT2D eigenvalue weighted by atomic mass is 10.1. The molecule has 9 heteroatoms. The van der Waals surface area contributed by atoms with Crippen molar-refractivity contribution in [3.05, 3.63) is 0 Å². The number of rotatable bonds is 10. The molecule has 3 amide bonds. The number of carboxylic acid groups (broad SMARTS) is 3. The van der Waals surface area contributed by atoms with Gasteiger partial charge in [0.2, 0.25) is 0 Å². The summed E-state index contributed by atoms with van der Waals surface area (Å²) in [7, 11) is 0. The van der Waals surface area contributed by atoms with Crippen LogP contribution >= 0.6 is 0 Å². The second kappa shape index (κ2) is 10.5. The van der Waals surface area contributed by atoms with Gasteiger partial charge in [0.25, 0.3) is 0 Å². The lowest BCUT2D eigenvalue weighted by Gasteiger charge is -2.31. The highest BCUT2D eigenvalue weighted by Gasteiger charge is 2.24. The van der Waals surface area contributed by atoms with Gasteiger partial charge < -0.3 is 30.0 Å². The molecule has 0 fully saturated rings. The molecule has 3 N–H and O–H groups in total. The molecule has 0 heterocycles. The summed E-state index contributed by atoms with van der Waals surface area (Å²) < 4.78 is 0. The summed E-state index contributed by atoms with van der Waals surface area (Å²) in [6.45, 7) is 6.43. The fourth-order valence-corrected chi connectivity index (χ4v) is 2.39. The van der Waals surface area contributed by atoms with E-state index in [2.05, 4.69) is 0 Å². The molecule has 0 bridgehead atoms. The Morgan fingerprint density at radius 1 is 0.739 bits per heavy atom. The Morgan fingerprint density at radius 2 is 1.13 bits per heavy atom. The number of hydrogen-bond donors (Lipinski definition) is 3. The molecule has 0 unspecified atom stereocenters. The lowest BCUT2D eigenvalue weighted by molar-refractivity contribution is 0.106. The van der Waals surface area contributed by atoms with Crippen LogP contribution in [-0.4, -0.2) is 87.1 Å². The first-order valence-electron chi connectivity index (χ1n) is 7.73. The van der Waals surface area contributed by atoms with Gasteiger partial charge in [0.1, 0.15) is 0 Å². The topological polar surface area (TPSA) is 122 Å². The van der Waals surface area contributed by atoms with E-state index in [4.69, 9.17) is 10.2 Å². The first-order valence-corrected chi connectivity index (χ1v) is 7.73. The van der Waals surface area contributed by atoms with E-state index in [1.807, 2.05) is 0 Å². The van der Waals surface area contributed by atoms with Crippen LogP contribution in [-0.2, 0) is 0 Å². The molecule has 0 radical (unpaired) electrons. The Balaban J connectivity index is 4.90. The zero-order valence-electron chi connectivity index (χ0n) is 13.9. The first-order chi connectivity index (χ1) is 10.8. The molecule has 0 aromatic heterocycles. The van der Waals surface area contributed by atoms with Crippen molar-refractivity contribution < 1.29 is 29.7 Å². The normalized spacial score (nSPS) is 10.4. The van der Waals surface area contributed by atoms with Crippen LogP contribution in [0.15, 0.2) is 0 Å². The largest absolute Gasteiger partial charge is 0.465 e. The molecule has 0 saturated carbocycles. The summed E-state index contributed by atoms with van der Waals surface area (Å²) in [5.74, 6) is 0. The Morgan fingerprint density at radius 3 is 1.35 bits per heavy atom. The van der Waals surface area contributed by atoms with Gasteiger partial charge >= 0.3 is 18.3 Å². The molecule has 0 rings (SSSR count). The van der Waals surface area contributed by atoms with E-state index in [9.17, 15) is 19.5 Å². The van der Waals surface area contributed by atoms with Gasteiger partial charge in [-0.3, -0.25) is 0 Å². The second-order valence-corrected chi connectivity index (χ2v) is 5.02. The van der Waals surface area contributed by atoms with Gasteiger partial charge in [-0.2, -0.15) is 0 Å². The average molecular weight is 333 g/mol. The maximum Gasteiger partial charge on any atom is 0.407 e. The molecule has 0 aromatic carbocycles. The predicted octanol–water partition coefficient (Wildman–Crippen LogP) is 2.13. The zero-order chi connectivity index (χ0) is 18.0. The molecule has 0 aliphatic carbocycles. The van der Waals surface area contributed by atoms with Gasteiger partial charge in [-0.05, 0) is 33.6 Å². The van der Waals surface area contributed by atoms with Gasteiger partial charge in [0.15, 0.2) is 0 Å². The average Bonchev–Trinajstić information content (AvgIpc) is 2.47. The molecule has 0 saturated heterocycles. The van der Waals surface area contributed by atoms with Crippen LogP contribution in [0.4, 0.5) is 14.4 Å². The van der Waals surface area contributed by atoms with Crippen molar-refractivity contribution >= 4 is 18.3 Å². The highest BCUT2D eigenvalue weighted by Crippen LogP contribution is 2.12. The quantitative estimate of drug-likeness (QED) is 0.563.